The molecule has 8 heteroatoms. The van der Waals surface area contributed by atoms with Crippen LogP contribution in [-0.2, 0) is 9.59 Å². The van der Waals surface area contributed by atoms with Crippen LogP contribution in [0.1, 0.15) is 54.6 Å². The Morgan fingerprint density at radius 1 is 0.776 bits per heavy atom. The van der Waals surface area contributed by atoms with Crippen LogP contribution >= 0.6 is 23.5 Å². The van der Waals surface area contributed by atoms with E-state index < -0.39 is 5.91 Å². The second-order valence-corrected chi connectivity index (χ2v) is 14.3. The summed E-state index contributed by atoms with van der Waals surface area (Å²) in [6.45, 7) is 6.26. The number of nitrogens with one attached hydrogen (secondary N) is 2. The number of fused-ring (bicyclic) bond motifs is 2. The van der Waals surface area contributed by atoms with Gasteiger partial charge in [-0.05, 0) is 84.1 Å². The molecule has 0 radical (unpaired) electrons. The van der Waals surface area contributed by atoms with Crippen LogP contribution in [0.25, 0.3) is 6.08 Å². The van der Waals surface area contributed by atoms with E-state index in [-0.39, 0.29) is 22.8 Å². The number of thioether (sulfide) groups is 1. The molecule has 0 saturated carbocycles. The standard InChI is InChI=1S/C41H37N3O3S2/c1-4-36(41(47)44-34-17-8-10-19-37(34)49-38-20-11-9-18-35(38)44)48-32-16-12-15-31(26-32)42-40(46)33(43-39(45)30-13-6-5-7-14-30)25-28-21-23-29(24-22-28)27(2)3/h5-27,36H,4H2,1-3H3,(H,42,46)(H,43,45)/b33-25+. The fraction of sp³-hybridized carbons (Fsp3) is 0.146. The maximum atomic E-state index is 14.2. The molecule has 0 saturated heterocycles. The summed E-state index contributed by atoms with van der Waals surface area (Å²) in [4.78, 5) is 45.9. The molecule has 1 aliphatic rings. The first-order valence-corrected chi connectivity index (χ1v) is 18.0. The van der Waals surface area contributed by atoms with E-state index in [0.717, 1.165) is 31.6 Å². The van der Waals surface area contributed by atoms with Crippen molar-refractivity contribution < 1.29 is 14.4 Å². The summed E-state index contributed by atoms with van der Waals surface area (Å²) in [6, 6.07) is 40.1. The molecule has 1 aliphatic heterocycles. The highest BCUT2D eigenvalue weighted by Crippen LogP contribution is 2.49. The molecule has 1 unspecified atom stereocenters. The van der Waals surface area contributed by atoms with E-state index in [1.165, 1.54) is 17.3 Å². The van der Waals surface area contributed by atoms with Crippen molar-refractivity contribution in [1.82, 2.24) is 5.32 Å². The predicted octanol–water partition coefficient (Wildman–Crippen LogP) is 9.92. The minimum Gasteiger partial charge on any atom is -0.321 e. The molecule has 3 amide bonds. The van der Waals surface area contributed by atoms with E-state index in [4.69, 9.17) is 0 Å². The number of anilines is 3. The Labute approximate surface area is 296 Å². The van der Waals surface area contributed by atoms with Gasteiger partial charge < -0.3 is 10.6 Å². The minimum absolute atomic E-state index is 0.000493. The van der Waals surface area contributed by atoms with Gasteiger partial charge >= 0.3 is 0 Å². The van der Waals surface area contributed by atoms with Gasteiger partial charge in [0.05, 0.1) is 16.6 Å². The molecule has 49 heavy (non-hydrogen) atoms. The molecule has 0 aliphatic carbocycles. The number of hydrogen-bond donors (Lipinski definition) is 2. The summed E-state index contributed by atoms with van der Waals surface area (Å²) in [6.07, 6.45) is 2.29. The van der Waals surface area contributed by atoms with E-state index in [1.54, 1.807) is 48.2 Å². The van der Waals surface area contributed by atoms with Crippen LogP contribution in [-0.4, -0.2) is 23.0 Å². The average molecular weight is 684 g/mol. The molecular formula is C41H37N3O3S2. The van der Waals surface area contributed by atoms with E-state index in [0.29, 0.717) is 23.6 Å². The topological polar surface area (TPSA) is 78.5 Å². The highest BCUT2D eigenvalue weighted by atomic mass is 32.2. The fourth-order valence-electron chi connectivity index (χ4n) is 5.49. The SMILES string of the molecule is CCC(Sc1cccc(NC(=O)/C(=C\c2ccc(C(C)C)cc2)NC(=O)c2ccccc2)c1)C(=O)N1c2ccccc2Sc2ccccc21. The number of carbonyl (C=O) groups excluding carboxylic acids is 3. The Balaban J connectivity index is 1.23. The number of nitrogens with zero attached hydrogens (tertiary/aromatic N) is 1. The van der Waals surface area contributed by atoms with Gasteiger partial charge in [-0.1, -0.05) is 105 Å². The number of carbonyl (C=O) groups is 3. The second-order valence-electron chi connectivity index (χ2n) is 11.9. The third-order valence-electron chi connectivity index (χ3n) is 8.11. The van der Waals surface area contributed by atoms with Crippen molar-refractivity contribution in [3.05, 3.63) is 150 Å². The van der Waals surface area contributed by atoms with Crippen LogP contribution in [0.5, 0.6) is 0 Å². The molecule has 0 fully saturated rings. The average Bonchev–Trinajstić information content (AvgIpc) is 3.13. The van der Waals surface area contributed by atoms with Crippen molar-refractivity contribution >= 4 is 64.4 Å². The Kier molecular flexibility index (Phi) is 10.7. The van der Waals surface area contributed by atoms with Crippen LogP contribution in [0, 0.1) is 0 Å². The van der Waals surface area contributed by atoms with Gasteiger partial charge in [0.1, 0.15) is 5.70 Å². The lowest BCUT2D eigenvalue weighted by Crippen LogP contribution is -2.35. The van der Waals surface area contributed by atoms with Crippen molar-refractivity contribution in [2.75, 3.05) is 10.2 Å². The molecule has 6 nitrogen and oxygen atoms in total. The lowest BCUT2D eigenvalue weighted by molar-refractivity contribution is -0.117. The Morgan fingerprint density at radius 3 is 2.04 bits per heavy atom. The zero-order chi connectivity index (χ0) is 34.3. The van der Waals surface area contributed by atoms with Crippen LogP contribution in [0.3, 0.4) is 0 Å². The molecule has 6 rings (SSSR count). The molecule has 0 spiro atoms. The van der Waals surface area contributed by atoms with Gasteiger partial charge in [0.2, 0.25) is 5.91 Å². The highest BCUT2D eigenvalue weighted by Gasteiger charge is 2.32. The van der Waals surface area contributed by atoms with Crippen molar-refractivity contribution in [3.63, 3.8) is 0 Å². The van der Waals surface area contributed by atoms with Gasteiger partial charge in [-0.15, -0.1) is 11.8 Å². The van der Waals surface area contributed by atoms with E-state index in [1.807, 2.05) is 109 Å². The first-order valence-electron chi connectivity index (χ1n) is 16.3. The molecule has 5 aromatic rings. The fourth-order valence-corrected chi connectivity index (χ4v) is 7.60. The van der Waals surface area contributed by atoms with Crippen molar-refractivity contribution in [1.29, 1.82) is 0 Å². The van der Waals surface area contributed by atoms with E-state index in [2.05, 4.69) is 24.5 Å². The first kappa shape index (κ1) is 33.8. The monoisotopic (exact) mass is 683 g/mol. The quantitative estimate of drug-likeness (QED) is 0.113. The van der Waals surface area contributed by atoms with Crippen LogP contribution < -0.4 is 15.5 Å². The zero-order valence-corrected chi connectivity index (χ0v) is 29.2. The molecule has 0 bridgehead atoms. The Hall–Kier alpha value is -5.05. The number of para-hydroxylation sites is 2. The van der Waals surface area contributed by atoms with Gasteiger partial charge in [-0.2, -0.15) is 0 Å². The molecule has 2 N–H and O–H groups in total. The second kappa shape index (κ2) is 15.4. The normalized spacial score (nSPS) is 12.9. The highest BCUT2D eigenvalue weighted by molar-refractivity contribution is 8.00. The number of amides is 3. The van der Waals surface area contributed by atoms with Gasteiger partial charge in [0.15, 0.2) is 0 Å². The van der Waals surface area contributed by atoms with E-state index >= 15 is 0 Å². The van der Waals surface area contributed by atoms with Crippen LogP contribution in [0.2, 0.25) is 0 Å². The first-order chi connectivity index (χ1) is 23.8. The number of benzene rings is 5. The van der Waals surface area contributed by atoms with Gasteiger partial charge in [0.25, 0.3) is 11.8 Å². The maximum Gasteiger partial charge on any atom is 0.272 e. The summed E-state index contributed by atoms with van der Waals surface area (Å²) in [5.41, 5.74) is 4.85. The van der Waals surface area contributed by atoms with Crippen molar-refractivity contribution in [2.24, 2.45) is 0 Å². The molecule has 1 heterocycles. The van der Waals surface area contributed by atoms with Crippen LogP contribution in [0.15, 0.2) is 148 Å². The Morgan fingerprint density at radius 2 is 1.41 bits per heavy atom. The Bertz CT molecular complexity index is 1960. The molecule has 246 valence electrons. The summed E-state index contributed by atoms with van der Waals surface area (Å²) >= 11 is 3.14. The summed E-state index contributed by atoms with van der Waals surface area (Å²) < 4.78 is 0. The molecular weight excluding hydrogens is 647 g/mol. The van der Waals surface area contributed by atoms with Crippen molar-refractivity contribution in [3.8, 4) is 0 Å². The van der Waals surface area contributed by atoms with Gasteiger partial charge in [0, 0.05) is 25.9 Å². The molecule has 1 atom stereocenters. The summed E-state index contributed by atoms with van der Waals surface area (Å²) in [7, 11) is 0. The number of rotatable bonds is 10. The van der Waals surface area contributed by atoms with Gasteiger partial charge in [-0.3, -0.25) is 19.3 Å². The molecule has 0 aromatic heterocycles. The zero-order valence-electron chi connectivity index (χ0n) is 27.6. The molecule has 5 aromatic carbocycles. The third-order valence-corrected chi connectivity index (χ3v) is 10.6. The smallest absolute Gasteiger partial charge is 0.272 e. The largest absolute Gasteiger partial charge is 0.321 e. The van der Waals surface area contributed by atoms with Crippen LogP contribution in [0.4, 0.5) is 17.1 Å². The van der Waals surface area contributed by atoms with Gasteiger partial charge in [-0.25, -0.2) is 0 Å². The minimum atomic E-state index is -0.457. The lowest BCUT2D eigenvalue weighted by atomic mass is 10.0. The third kappa shape index (κ3) is 7.99. The van der Waals surface area contributed by atoms with Crippen molar-refractivity contribution in [2.45, 2.75) is 53.0 Å². The predicted molar refractivity (Wildman–Crippen MR) is 202 cm³/mol. The lowest BCUT2D eigenvalue weighted by Gasteiger charge is -2.33. The number of hydrogen-bond acceptors (Lipinski definition) is 5. The van der Waals surface area contributed by atoms with E-state index in [9.17, 15) is 14.4 Å². The summed E-state index contributed by atoms with van der Waals surface area (Å²) in [5.74, 6) is -0.466. The summed E-state index contributed by atoms with van der Waals surface area (Å²) in [5, 5.41) is 5.41. The maximum absolute atomic E-state index is 14.2.